The van der Waals surface area contributed by atoms with Crippen molar-refractivity contribution < 1.29 is 4.74 Å². The van der Waals surface area contributed by atoms with Gasteiger partial charge in [0.1, 0.15) is 17.5 Å². The predicted octanol–water partition coefficient (Wildman–Crippen LogP) is -0.0459. The molecular weight excluding hydrogens is 170 g/mol. The Bertz CT molecular complexity index is 449. The first-order valence-corrected chi connectivity index (χ1v) is 3.71. The smallest absolute Gasteiger partial charge is 0.246 e. The Labute approximate surface area is 74.3 Å². The summed E-state index contributed by atoms with van der Waals surface area (Å²) < 4.78 is 6.64. The second-order valence-electron chi connectivity index (χ2n) is 2.59. The van der Waals surface area contributed by atoms with E-state index >= 15 is 0 Å². The van der Waals surface area contributed by atoms with Crippen molar-refractivity contribution in [3.05, 3.63) is 6.33 Å². The minimum absolute atomic E-state index is 0.384. The molecule has 0 aliphatic rings. The van der Waals surface area contributed by atoms with Crippen LogP contribution in [0.1, 0.15) is 0 Å². The van der Waals surface area contributed by atoms with Gasteiger partial charge in [0, 0.05) is 7.05 Å². The Morgan fingerprint density at radius 1 is 1.46 bits per heavy atom. The number of rotatable bonds is 1. The molecule has 6 heteroatoms. The third-order valence-electron chi connectivity index (χ3n) is 1.81. The van der Waals surface area contributed by atoms with Gasteiger partial charge in [-0.3, -0.25) is 0 Å². The molecule has 2 heterocycles. The van der Waals surface area contributed by atoms with Crippen LogP contribution in [-0.4, -0.2) is 26.9 Å². The first-order chi connectivity index (χ1) is 6.24. The summed E-state index contributed by atoms with van der Waals surface area (Å²) >= 11 is 0. The number of nitrogens with zero attached hydrogens (tertiary/aromatic N) is 4. The summed E-state index contributed by atoms with van der Waals surface area (Å²) in [6.07, 6.45) is 1.40. The first kappa shape index (κ1) is 7.78. The summed E-state index contributed by atoms with van der Waals surface area (Å²) in [7, 11) is 3.31. The molecule has 0 saturated carbocycles. The third kappa shape index (κ3) is 0.986. The molecule has 6 nitrogen and oxygen atoms in total. The Morgan fingerprint density at radius 3 is 2.92 bits per heavy atom. The molecule has 0 aromatic carbocycles. The van der Waals surface area contributed by atoms with E-state index in [9.17, 15) is 0 Å². The van der Waals surface area contributed by atoms with Crippen LogP contribution < -0.4 is 10.5 Å². The van der Waals surface area contributed by atoms with Crippen LogP contribution in [0.5, 0.6) is 5.88 Å². The lowest BCUT2D eigenvalue weighted by Gasteiger charge is -1.95. The van der Waals surface area contributed by atoms with E-state index < -0.39 is 0 Å². The summed E-state index contributed by atoms with van der Waals surface area (Å²) in [5.41, 5.74) is 6.33. The minimum atomic E-state index is 0.384. The first-order valence-electron chi connectivity index (χ1n) is 3.71. The van der Waals surface area contributed by atoms with Crippen molar-refractivity contribution in [1.29, 1.82) is 0 Å². The molecule has 2 N–H and O–H groups in total. The SMILES string of the molecule is COc1nn(C)c2ncnc(N)c12. The quantitative estimate of drug-likeness (QED) is 0.664. The van der Waals surface area contributed by atoms with Gasteiger partial charge in [-0.1, -0.05) is 0 Å². The summed E-state index contributed by atoms with van der Waals surface area (Å²) in [5, 5.41) is 4.74. The molecule has 0 aliphatic heterocycles. The highest BCUT2D eigenvalue weighted by molar-refractivity contribution is 5.90. The average molecular weight is 179 g/mol. The van der Waals surface area contributed by atoms with Gasteiger partial charge in [0.15, 0.2) is 5.65 Å². The molecule has 0 aliphatic carbocycles. The van der Waals surface area contributed by atoms with E-state index in [-0.39, 0.29) is 0 Å². The maximum Gasteiger partial charge on any atom is 0.246 e. The van der Waals surface area contributed by atoms with Crippen LogP contribution in [0.2, 0.25) is 0 Å². The zero-order chi connectivity index (χ0) is 9.42. The van der Waals surface area contributed by atoms with Crippen LogP contribution in [0.25, 0.3) is 11.0 Å². The van der Waals surface area contributed by atoms with E-state index in [0.717, 1.165) is 0 Å². The van der Waals surface area contributed by atoms with Crippen molar-refractivity contribution in [3.8, 4) is 5.88 Å². The average Bonchev–Trinajstić information content (AvgIpc) is 2.45. The Balaban J connectivity index is 2.89. The molecule has 2 aromatic rings. The zero-order valence-corrected chi connectivity index (χ0v) is 7.35. The highest BCUT2D eigenvalue weighted by atomic mass is 16.5. The minimum Gasteiger partial charge on any atom is -0.479 e. The topological polar surface area (TPSA) is 78.8 Å². The lowest BCUT2D eigenvalue weighted by molar-refractivity contribution is 0.396. The van der Waals surface area contributed by atoms with E-state index in [0.29, 0.717) is 22.7 Å². The van der Waals surface area contributed by atoms with Gasteiger partial charge in [0.25, 0.3) is 0 Å². The number of methoxy groups -OCH3 is 1. The van der Waals surface area contributed by atoms with Gasteiger partial charge < -0.3 is 10.5 Å². The normalized spacial score (nSPS) is 10.6. The third-order valence-corrected chi connectivity index (χ3v) is 1.81. The van der Waals surface area contributed by atoms with Crippen LogP contribution >= 0.6 is 0 Å². The van der Waals surface area contributed by atoms with Gasteiger partial charge in [0.2, 0.25) is 5.88 Å². The lowest BCUT2D eigenvalue weighted by atomic mass is 10.4. The molecule has 2 aromatic heterocycles. The maximum absolute atomic E-state index is 5.66. The molecule has 0 fully saturated rings. The summed E-state index contributed by atoms with van der Waals surface area (Å²) in [5.74, 6) is 0.838. The molecule has 0 saturated heterocycles. The molecule has 0 atom stereocenters. The van der Waals surface area contributed by atoms with Crippen molar-refractivity contribution in [2.45, 2.75) is 0 Å². The van der Waals surface area contributed by atoms with E-state index in [1.54, 1.807) is 11.7 Å². The molecule has 68 valence electrons. The maximum atomic E-state index is 5.66. The fourth-order valence-electron chi connectivity index (χ4n) is 1.22. The van der Waals surface area contributed by atoms with Gasteiger partial charge in [-0.25, -0.2) is 14.6 Å². The van der Waals surface area contributed by atoms with Crippen LogP contribution in [0, 0.1) is 0 Å². The van der Waals surface area contributed by atoms with Crippen molar-refractivity contribution >= 4 is 16.9 Å². The summed E-state index contributed by atoms with van der Waals surface area (Å²) in [6, 6.07) is 0. The van der Waals surface area contributed by atoms with E-state index in [1.807, 2.05) is 0 Å². The van der Waals surface area contributed by atoms with Crippen molar-refractivity contribution in [2.24, 2.45) is 7.05 Å². The number of aromatic nitrogens is 4. The molecule has 2 rings (SSSR count). The van der Waals surface area contributed by atoms with E-state index in [4.69, 9.17) is 10.5 Å². The Hall–Kier alpha value is -1.85. The number of nitrogens with two attached hydrogens (primary N) is 1. The zero-order valence-electron chi connectivity index (χ0n) is 7.35. The highest BCUT2D eigenvalue weighted by Crippen LogP contribution is 2.25. The Morgan fingerprint density at radius 2 is 2.23 bits per heavy atom. The largest absolute Gasteiger partial charge is 0.479 e. The van der Waals surface area contributed by atoms with E-state index in [2.05, 4.69) is 15.1 Å². The molecule has 0 amide bonds. The van der Waals surface area contributed by atoms with E-state index in [1.165, 1.54) is 13.4 Å². The molecular formula is C7H9N5O. The lowest BCUT2D eigenvalue weighted by Crippen LogP contribution is -1.95. The molecule has 13 heavy (non-hydrogen) atoms. The fourth-order valence-corrected chi connectivity index (χ4v) is 1.22. The number of hydrogen-bond donors (Lipinski definition) is 1. The predicted molar refractivity (Wildman–Crippen MR) is 47.3 cm³/mol. The standard InChI is InChI=1S/C7H9N5O/c1-12-6-4(7(11-12)13-2)5(8)9-3-10-6/h3H,1-2H3,(H2,8,9,10). The highest BCUT2D eigenvalue weighted by Gasteiger charge is 2.12. The van der Waals surface area contributed by atoms with Crippen LogP contribution in [0.3, 0.4) is 0 Å². The van der Waals surface area contributed by atoms with Gasteiger partial charge in [0.05, 0.1) is 7.11 Å². The number of ether oxygens (including phenoxy) is 1. The van der Waals surface area contributed by atoms with Gasteiger partial charge in [-0.05, 0) is 0 Å². The summed E-state index contributed by atoms with van der Waals surface area (Å²) in [6.45, 7) is 0. The van der Waals surface area contributed by atoms with Crippen LogP contribution in [0.15, 0.2) is 6.33 Å². The Kier molecular flexibility index (Phi) is 1.54. The molecule has 0 unspecified atom stereocenters. The van der Waals surface area contributed by atoms with Crippen molar-refractivity contribution in [1.82, 2.24) is 19.7 Å². The van der Waals surface area contributed by atoms with Crippen LogP contribution in [0.4, 0.5) is 5.82 Å². The second-order valence-corrected chi connectivity index (χ2v) is 2.59. The fraction of sp³-hybridized carbons (Fsp3) is 0.286. The second kappa shape index (κ2) is 2.58. The number of anilines is 1. The van der Waals surface area contributed by atoms with Gasteiger partial charge in [-0.2, -0.15) is 0 Å². The number of nitrogen functional groups attached to an aromatic ring is 1. The number of aryl methyl sites for hydroxylation is 1. The van der Waals surface area contributed by atoms with Gasteiger partial charge >= 0.3 is 0 Å². The summed E-state index contributed by atoms with van der Waals surface area (Å²) in [4.78, 5) is 7.90. The molecule has 0 bridgehead atoms. The van der Waals surface area contributed by atoms with Crippen LogP contribution in [-0.2, 0) is 7.05 Å². The number of fused-ring (bicyclic) bond motifs is 1. The van der Waals surface area contributed by atoms with Gasteiger partial charge in [-0.15, -0.1) is 5.10 Å². The monoisotopic (exact) mass is 179 g/mol. The van der Waals surface area contributed by atoms with Crippen molar-refractivity contribution in [3.63, 3.8) is 0 Å². The van der Waals surface area contributed by atoms with Crippen molar-refractivity contribution in [2.75, 3.05) is 12.8 Å². The number of hydrogen-bond acceptors (Lipinski definition) is 5. The molecule has 0 radical (unpaired) electrons. The molecule has 0 spiro atoms.